The number of rotatable bonds is 2. The van der Waals surface area contributed by atoms with Gasteiger partial charge in [0.05, 0.1) is 7.11 Å². The van der Waals surface area contributed by atoms with Gasteiger partial charge in [-0.25, -0.2) is 0 Å². The second kappa shape index (κ2) is 3.59. The van der Waals surface area contributed by atoms with E-state index in [1.54, 1.807) is 14.2 Å². The van der Waals surface area contributed by atoms with Crippen LogP contribution in [0.15, 0.2) is 18.2 Å². The monoisotopic (exact) mass is 220 g/mol. The molecule has 1 aliphatic rings. The maximum Gasteiger partial charge on any atom is 0.192 e. The molecule has 0 radical (unpaired) electrons. The highest BCUT2D eigenvalue weighted by Crippen LogP contribution is 2.44. The van der Waals surface area contributed by atoms with Crippen LogP contribution in [0.2, 0.25) is 0 Å². The third kappa shape index (κ3) is 1.28. The molecular weight excluding hydrogens is 204 g/mol. The molecule has 86 valence electrons. The summed E-state index contributed by atoms with van der Waals surface area (Å²) in [7, 11) is 3.19. The lowest BCUT2D eigenvalue weighted by Gasteiger charge is -2.26. The molecule has 1 aromatic rings. The van der Waals surface area contributed by atoms with E-state index in [1.165, 1.54) is 0 Å². The smallest absolute Gasteiger partial charge is 0.192 e. The van der Waals surface area contributed by atoms with Crippen LogP contribution in [-0.2, 0) is 10.2 Å². The minimum absolute atomic E-state index is 0.0430. The highest BCUT2D eigenvalue weighted by atomic mass is 16.5. The predicted molar refractivity (Wildman–Crippen MR) is 61.1 cm³/mol. The van der Waals surface area contributed by atoms with E-state index in [9.17, 15) is 4.79 Å². The van der Waals surface area contributed by atoms with Gasteiger partial charge in [0.2, 0.25) is 0 Å². The fourth-order valence-corrected chi connectivity index (χ4v) is 2.57. The van der Waals surface area contributed by atoms with Gasteiger partial charge in [0.25, 0.3) is 0 Å². The molecule has 1 aliphatic carbocycles. The van der Waals surface area contributed by atoms with E-state index in [0.717, 1.165) is 16.9 Å². The van der Waals surface area contributed by atoms with Gasteiger partial charge < -0.3 is 9.47 Å². The molecule has 3 heteroatoms. The lowest BCUT2D eigenvalue weighted by Crippen LogP contribution is -2.34. The Bertz CT molecular complexity index is 435. The van der Waals surface area contributed by atoms with E-state index >= 15 is 0 Å². The molecule has 0 saturated heterocycles. The summed E-state index contributed by atoms with van der Waals surface area (Å²) >= 11 is 0. The van der Waals surface area contributed by atoms with Crippen molar-refractivity contribution in [2.45, 2.75) is 25.4 Å². The Labute approximate surface area is 95.4 Å². The van der Waals surface area contributed by atoms with E-state index in [4.69, 9.17) is 9.47 Å². The van der Waals surface area contributed by atoms with Crippen molar-refractivity contribution in [1.82, 2.24) is 0 Å². The molecule has 1 atom stereocenters. The SMILES string of the molecule is COc1cccc2c1C(C)(C)C(OC)C2=O. The van der Waals surface area contributed by atoms with Gasteiger partial charge in [-0.05, 0) is 6.07 Å². The van der Waals surface area contributed by atoms with Crippen molar-refractivity contribution in [2.24, 2.45) is 0 Å². The van der Waals surface area contributed by atoms with Crippen molar-refractivity contribution >= 4 is 5.78 Å². The van der Waals surface area contributed by atoms with E-state index < -0.39 is 6.10 Å². The summed E-state index contributed by atoms with van der Waals surface area (Å²) in [5.41, 5.74) is 1.33. The van der Waals surface area contributed by atoms with Crippen LogP contribution in [0.4, 0.5) is 0 Å². The average Bonchev–Trinajstić information content (AvgIpc) is 2.47. The molecule has 0 aromatic heterocycles. The fourth-order valence-electron chi connectivity index (χ4n) is 2.57. The van der Waals surface area contributed by atoms with E-state index in [0.29, 0.717) is 0 Å². The Hall–Kier alpha value is -1.35. The third-order valence-electron chi connectivity index (χ3n) is 3.29. The van der Waals surface area contributed by atoms with E-state index in [-0.39, 0.29) is 11.2 Å². The van der Waals surface area contributed by atoms with Crippen LogP contribution in [0.25, 0.3) is 0 Å². The van der Waals surface area contributed by atoms with Crippen LogP contribution in [0.3, 0.4) is 0 Å². The first-order valence-corrected chi connectivity index (χ1v) is 5.28. The maximum absolute atomic E-state index is 12.1. The lowest BCUT2D eigenvalue weighted by atomic mass is 9.84. The van der Waals surface area contributed by atoms with Crippen LogP contribution in [0, 0.1) is 0 Å². The first kappa shape index (κ1) is 11.1. The Morgan fingerprint density at radius 3 is 2.50 bits per heavy atom. The first-order valence-electron chi connectivity index (χ1n) is 5.28. The summed E-state index contributed by atoms with van der Waals surface area (Å²) in [6.07, 6.45) is -0.418. The molecular formula is C13H16O3. The number of carbonyl (C=O) groups excluding carboxylic acids is 1. The van der Waals surface area contributed by atoms with Crippen molar-refractivity contribution < 1.29 is 14.3 Å². The number of benzene rings is 1. The average molecular weight is 220 g/mol. The van der Waals surface area contributed by atoms with Crippen LogP contribution in [0.5, 0.6) is 5.75 Å². The third-order valence-corrected chi connectivity index (χ3v) is 3.29. The van der Waals surface area contributed by atoms with Crippen molar-refractivity contribution in [3.63, 3.8) is 0 Å². The molecule has 0 saturated carbocycles. The fraction of sp³-hybridized carbons (Fsp3) is 0.462. The van der Waals surface area contributed by atoms with Gasteiger partial charge in [0, 0.05) is 23.7 Å². The number of methoxy groups -OCH3 is 2. The first-order chi connectivity index (χ1) is 7.54. The quantitative estimate of drug-likeness (QED) is 0.766. The van der Waals surface area contributed by atoms with Crippen molar-refractivity contribution in [1.29, 1.82) is 0 Å². The zero-order valence-electron chi connectivity index (χ0n) is 10.0. The minimum atomic E-state index is -0.418. The molecule has 0 amide bonds. The van der Waals surface area contributed by atoms with E-state index in [1.807, 2.05) is 32.0 Å². The minimum Gasteiger partial charge on any atom is -0.496 e. The number of hydrogen-bond donors (Lipinski definition) is 0. The summed E-state index contributed by atoms with van der Waals surface area (Å²) in [6, 6.07) is 5.55. The lowest BCUT2D eigenvalue weighted by molar-refractivity contribution is 0.0432. The molecule has 0 fully saturated rings. The second-order valence-electron chi connectivity index (χ2n) is 4.58. The number of carbonyl (C=O) groups is 1. The zero-order valence-corrected chi connectivity index (χ0v) is 10.0. The Morgan fingerprint density at radius 2 is 1.94 bits per heavy atom. The molecule has 3 nitrogen and oxygen atoms in total. The highest BCUT2D eigenvalue weighted by molar-refractivity contribution is 6.06. The van der Waals surface area contributed by atoms with Gasteiger partial charge in [-0.3, -0.25) is 4.79 Å². The van der Waals surface area contributed by atoms with Gasteiger partial charge in [-0.1, -0.05) is 26.0 Å². The molecule has 0 N–H and O–H groups in total. The van der Waals surface area contributed by atoms with Crippen LogP contribution in [-0.4, -0.2) is 26.1 Å². The van der Waals surface area contributed by atoms with Crippen LogP contribution >= 0.6 is 0 Å². The molecule has 16 heavy (non-hydrogen) atoms. The Balaban J connectivity index is 2.67. The topological polar surface area (TPSA) is 35.5 Å². The number of ketones is 1. The second-order valence-corrected chi connectivity index (χ2v) is 4.58. The summed E-state index contributed by atoms with van der Waals surface area (Å²) < 4.78 is 10.6. The van der Waals surface area contributed by atoms with Crippen LogP contribution < -0.4 is 4.74 Å². The van der Waals surface area contributed by atoms with Gasteiger partial charge in [0.1, 0.15) is 11.9 Å². The number of hydrogen-bond acceptors (Lipinski definition) is 3. The Morgan fingerprint density at radius 1 is 1.25 bits per heavy atom. The largest absolute Gasteiger partial charge is 0.496 e. The molecule has 2 rings (SSSR count). The number of ether oxygens (including phenoxy) is 2. The highest BCUT2D eigenvalue weighted by Gasteiger charge is 2.47. The summed E-state index contributed by atoms with van der Waals surface area (Å²) in [4.78, 5) is 12.1. The van der Waals surface area contributed by atoms with Gasteiger partial charge in [-0.2, -0.15) is 0 Å². The van der Waals surface area contributed by atoms with Gasteiger partial charge in [-0.15, -0.1) is 0 Å². The molecule has 0 heterocycles. The molecule has 0 spiro atoms. The molecule has 0 bridgehead atoms. The molecule has 1 unspecified atom stereocenters. The van der Waals surface area contributed by atoms with Crippen LogP contribution in [0.1, 0.15) is 29.8 Å². The van der Waals surface area contributed by atoms with Crippen molar-refractivity contribution in [3.05, 3.63) is 29.3 Å². The number of fused-ring (bicyclic) bond motifs is 1. The predicted octanol–water partition coefficient (Wildman–Crippen LogP) is 2.18. The maximum atomic E-state index is 12.1. The normalized spacial score (nSPS) is 22.0. The number of Topliss-reactive ketones (excluding diaryl/α,β-unsaturated/α-hetero) is 1. The van der Waals surface area contributed by atoms with E-state index in [2.05, 4.69) is 0 Å². The van der Waals surface area contributed by atoms with Crippen molar-refractivity contribution in [3.8, 4) is 5.75 Å². The van der Waals surface area contributed by atoms with Gasteiger partial charge in [0.15, 0.2) is 5.78 Å². The summed E-state index contributed by atoms with van der Waals surface area (Å²) in [5.74, 6) is 0.803. The molecule has 1 aromatic carbocycles. The molecule has 0 aliphatic heterocycles. The standard InChI is InChI=1S/C13H16O3/c1-13(2)10-8(11(14)12(13)16-4)6-5-7-9(10)15-3/h5-7,12H,1-4H3. The summed E-state index contributed by atoms with van der Waals surface area (Å²) in [5, 5.41) is 0. The Kier molecular flexibility index (Phi) is 2.50. The zero-order chi connectivity index (χ0) is 11.9. The summed E-state index contributed by atoms with van der Waals surface area (Å²) in [6.45, 7) is 4.01. The van der Waals surface area contributed by atoms with Gasteiger partial charge >= 0.3 is 0 Å². The van der Waals surface area contributed by atoms with Crippen molar-refractivity contribution in [2.75, 3.05) is 14.2 Å².